The van der Waals surface area contributed by atoms with Crippen molar-refractivity contribution in [3.05, 3.63) is 42.2 Å². The van der Waals surface area contributed by atoms with Crippen LogP contribution in [-0.4, -0.2) is 24.9 Å². The fourth-order valence-corrected chi connectivity index (χ4v) is 1.80. The highest BCUT2D eigenvalue weighted by molar-refractivity contribution is 5.81. The Labute approximate surface area is 104 Å². The summed E-state index contributed by atoms with van der Waals surface area (Å²) in [6, 6.07) is 2.09. The van der Waals surface area contributed by atoms with Crippen LogP contribution in [0.5, 0.6) is 0 Å². The smallest absolute Gasteiger partial charge is 0.182 e. The molecule has 3 aromatic rings. The number of pyridine rings is 1. The van der Waals surface area contributed by atoms with Crippen LogP contribution in [0.15, 0.2) is 31.1 Å². The Morgan fingerprint density at radius 1 is 1.22 bits per heavy atom. The van der Waals surface area contributed by atoms with Gasteiger partial charge in [0.05, 0.1) is 6.33 Å². The van der Waals surface area contributed by atoms with E-state index in [1.165, 1.54) is 6.33 Å². The molecule has 0 unspecified atom stereocenters. The molecule has 0 saturated heterocycles. The van der Waals surface area contributed by atoms with E-state index in [-0.39, 0.29) is 0 Å². The molecule has 6 heteroatoms. The topological polar surface area (TPSA) is 79.4 Å². The molecule has 0 atom stereocenters. The number of fused-ring (bicyclic) bond motifs is 1. The molecule has 3 heterocycles. The lowest BCUT2D eigenvalue weighted by molar-refractivity contribution is 1.07. The fourth-order valence-electron chi connectivity index (χ4n) is 1.80. The minimum Gasteiger partial charge on any atom is -0.364 e. The number of anilines is 1. The van der Waals surface area contributed by atoms with Crippen molar-refractivity contribution in [3.63, 3.8) is 0 Å². The van der Waals surface area contributed by atoms with Gasteiger partial charge in [-0.15, -0.1) is 0 Å². The Morgan fingerprint density at radius 3 is 3.06 bits per heavy atom. The van der Waals surface area contributed by atoms with E-state index in [9.17, 15) is 0 Å². The molecule has 0 aliphatic heterocycles. The van der Waals surface area contributed by atoms with Gasteiger partial charge in [-0.25, -0.2) is 15.0 Å². The Balaban J connectivity index is 1.83. The molecule has 2 N–H and O–H groups in total. The van der Waals surface area contributed by atoms with Gasteiger partial charge in [-0.1, -0.05) is 6.07 Å². The Bertz CT molecular complexity index is 675. The second-order valence-corrected chi connectivity index (χ2v) is 4.05. The SMILES string of the molecule is Cc1cncc(CNc2ncnc3nc[nH]c23)c1. The van der Waals surface area contributed by atoms with Gasteiger partial charge in [-0.2, -0.15) is 0 Å². The van der Waals surface area contributed by atoms with Crippen molar-refractivity contribution in [2.45, 2.75) is 13.5 Å². The van der Waals surface area contributed by atoms with Crippen LogP contribution in [0.25, 0.3) is 11.2 Å². The summed E-state index contributed by atoms with van der Waals surface area (Å²) in [6.45, 7) is 2.69. The van der Waals surface area contributed by atoms with Gasteiger partial charge in [0, 0.05) is 18.9 Å². The summed E-state index contributed by atoms with van der Waals surface area (Å²) in [5.74, 6) is 0.749. The lowest BCUT2D eigenvalue weighted by Gasteiger charge is -2.06. The third-order valence-corrected chi connectivity index (χ3v) is 2.61. The highest BCUT2D eigenvalue weighted by Gasteiger charge is 2.05. The zero-order chi connectivity index (χ0) is 12.4. The number of imidazole rings is 1. The summed E-state index contributed by atoms with van der Waals surface area (Å²) >= 11 is 0. The van der Waals surface area contributed by atoms with Crippen LogP contribution in [0.2, 0.25) is 0 Å². The number of nitrogens with one attached hydrogen (secondary N) is 2. The Kier molecular flexibility index (Phi) is 2.60. The number of hydrogen-bond acceptors (Lipinski definition) is 5. The summed E-state index contributed by atoms with van der Waals surface area (Å²) < 4.78 is 0. The molecule has 18 heavy (non-hydrogen) atoms. The first kappa shape index (κ1) is 10.6. The first-order valence-electron chi connectivity index (χ1n) is 5.61. The molecule has 0 amide bonds. The standard InChI is InChI=1S/C12H12N6/c1-8-2-9(4-13-3-8)5-14-11-10-12(16-6-15-10)18-7-17-11/h2-4,6-7H,5H2,1H3,(H2,14,15,16,17,18). The number of aryl methyl sites for hydroxylation is 1. The quantitative estimate of drug-likeness (QED) is 0.728. The van der Waals surface area contributed by atoms with Gasteiger partial charge in [-0.3, -0.25) is 4.98 Å². The summed E-state index contributed by atoms with van der Waals surface area (Å²) in [5.41, 5.74) is 3.73. The molecule has 90 valence electrons. The highest BCUT2D eigenvalue weighted by Crippen LogP contribution is 2.15. The predicted molar refractivity (Wildman–Crippen MR) is 68.0 cm³/mol. The first-order valence-corrected chi connectivity index (χ1v) is 5.61. The molecule has 0 fully saturated rings. The number of nitrogens with zero attached hydrogens (tertiary/aromatic N) is 4. The van der Waals surface area contributed by atoms with Gasteiger partial charge in [0.2, 0.25) is 0 Å². The number of hydrogen-bond donors (Lipinski definition) is 2. The van der Waals surface area contributed by atoms with Crippen molar-refractivity contribution < 1.29 is 0 Å². The van der Waals surface area contributed by atoms with Gasteiger partial charge < -0.3 is 10.3 Å². The molecular formula is C12H12N6. The van der Waals surface area contributed by atoms with Crippen molar-refractivity contribution in [1.82, 2.24) is 24.9 Å². The summed E-state index contributed by atoms with van der Waals surface area (Å²) in [5, 5.41) is 3.25. The summed E-state index contributed by atoms with van der Waals surface area (Å²) in [7, 11) is 0. The van der Waals surface area contributed by atoms with Crippen LogP contribution in [0, 0.1) is 6.92 Å². The molecule has 6 nitrogen and oxygen atoms in total. The van der Waals surface area contributed by atoms with Crippen LogP contribution in [0.1, 0.15) is 11.1 Å². The zero-order valence-electron chi connectivity index (χ0n) is 9.88. The second-order valence-electron chi connectivity index (χ2n) is 4.05. The van der Waals surface area contributed by atoms with Gasteiger partial charge in [-0.05, 0) is 18.1 Å². The van der Waals surface area contributed by atoms with Crippen molar-refractivity contribution in [1.29, 1.82) is 0 Å². The number of aromatic nitrogens is 5. The monoisotopic (exact) mass is 240 g/mol. The van der Waals surface area contributed by atoms with E-state index in [4.69, 9.17) is 0 Å². The number of rotatable bonds is 3. The minimum atomic E-state index is 0.662. The molecule has 0 bridgehead atoms. The maximum absolute atomic E-state index is 4.20. The van der Waals surface area contributed by atoms with Crippen LogP contribution >= 0.6 is 0 Å². The lowest BCUT2D eigenvalue weighted by Crippen LogP contribution is -2.03. The third kappa shape index (κ3) is 2.00. The summed E-state index contributed by atoms with van der Waals surface area (Å²) in [4.78, 5) is 19.5. The number of H-pyrrole nitrogens is 1. The number of aromatic amines is 1. The lowest BCUT2D eigenvalue weighted by atomic mass is 10.2. The first-order chi connectivity index (χ1) is 8.83. The van der Waals surface area contributed by atoms with Gasteiger partial charge in [0.15, 0.2) is 11.5 Å². The van der Waals surface area contributed by atoms with E-state index in [1.807, 2.05) is 19.3 Å². The third-order valence-electron chi connectivity index (χ3n) is 2.61. The molecule has 0 aliphatic carbocycles. The van der Waals surface area contributed by atoms with Gasteiger partial charge in [0.1, 0.15) is 11.8 Å². The molecule has 3 aromatic heterocycles. The Hall–Kier alpha value is -2.50. The van der Waals surface area contributed by atoms with E-state index in [0.717, 1.165) is 22.5 Å². The second kappa shape index (κ2) is 4.40. The van der Waals surface area contributed by atoms with Crippen LogP contribution in [0.3, 0.4) is 0 Å². The summed E-state index contributed by atoms with van der Waals surface area (Å²) in [6.07, 6.45) is 6.78. The van der Waals surface area contributed by atoms with E-state index in [1.54, 1.807) is 6.33 Å². The normalized spacial score (nSPS) is 10.7. The molecule has 0 aliphatic rings. The predicted octanol–water partition coefficient (Wildman–Crippen LogP) is 1.67. The average Bonchev–Trinajstić information content (AvgIpc) is 2.85. The molecular weight excluding hydrogens is 228 g/mol. The Morgan fingerprint density at radius 2 is 2.17 bits per heavy atom. The molecule has 0 aromatic carbocycles. The minimum absolute atomic E-state index is 0.662. The molecule has 3 rings (SSSR count). The van der Waals surface area contributed by atoms with Gasteiger partial charge in [0.25, 0.3) is 0 Å². The van der Waals surface area contributed by atoms with E-state index >= 15 is 0 Å². The van der Waals surface area contributed by atoms with Crippen LogP contribution < -0.4 is 5.32 Å². The van der Waals surface area contributed by atoms with E-state index in [2.05, 4.69) is 36.3 Å². The average molecular weight is 240 g/mol. The maximum Gasteiger partial charge on any atom is 0.182 e. The van der Waals surface area contributed by atoms with Crippen LogP contribution in [-0.2, 0) is 6.54 Å². The molecule has 0 spiro atoms. The van der Waals surface area contributed by atoms with Crippen LogP contribution in [0.4, 0.5) is 5.82 Å². The van der Waals surface area contributed by atoms with Crippen molar-refractivity contribution in [3.8, 4) is 0 Å². The molecule has 0 radical (unpaired) electrons. The van der Waals surface area contributed by atoms with Crippen molar-refractivity contribution in [2.75, 3.05) is 5.32 Å². The maximum atomic E-state index is 4.20. The molecule has 0 saturated carbocycles. The van der Waals surface area contributed by atoms with Gasteiger partial charge >= 0.3 is 0 Å². The van der Waals surface area contributed by atoms with E-state index in [0.29, 0.717) is 12.2 Å². The zero-order valence-corrected chi connectivity index (χ0v) is 9.88. The largest absolute Gasteiger partial charge is 0.364 e. The van der Waals surface area contributed by atoms with Crippen molar-refractivity contribution in [2.24, 2.45) is 0 Å². The fraction of sp³-hybridized carbons (Fsp3) is 0.167. The van der Waals surface area contributed by atoms with E-state index < -0.39 is 0 Å². The van der Waals surface area contributed by atoms with Crippen molar-refractivity contribution >= 4 is 17.0 Å². The highest BCUT2D eigenvalue weighted by atomic mass is 15.1.